The minimum absolute atomic E-state index is 0.0944. The van der Waals surface area contributed by atoms with E-state index in [-0.39, 0.29) is 29.0 Å². The van der Waals surface area contributed by atoms with Crippen LogP contribution in [0.5, 0.6) is 0 Å². The Morgan fingerprint density at radius 1 is 1.14 bits per heavy atom. The van der Waals surface area contributed by atoms with Crippen LogP contribution in [0, 0.1) is 0 Å². The fraction of sp³-hybridized carbons (Fsp3) is 0.250. The van der Waals surface area contributed by atoms with Gasteiger partial charge >= 0.3 is 0 Å². The maximum absolute atomic E-state index is 12.6. The number of benzene rings is 2. The summed E-state index contributed by atoms with van der Waals surface area (Å²) in [4.78, 5) is 18.2. The van der Waals surface area contributed by atoms with Crippen molar-refractivity contribution in [2.75, 3.05) is 12.8 Å². The van der Waals surface area contributed by atoms with Crippen LogP contribution in [-0.4, -0.2) is 46.8 Å². The van der Waals surface area contributed by atoms with E-state index in [0.29, 0.717) is 5.02 Å². The molecule has 0 spiro atoms. The fourth-order valence-corrected chi connectivity index (χ4v) is 4.20. The molecular formula is C20H21ClN4O3S. The Morgan fingerprint density at radius 3 is 2.38 bits per heavy atom. The van der Waals surface area contributed by atoms with E-state index in [1.54, 1.807) is 23.0 Å². The van der Waals surface area contributed by atoms with Crippen molar-refractivity contribution < 1.29 is 13.2 Å². The van der Waals surface area contributed by atoms with E-state index >= 15 is 0 Å². The van der Waals surface area contributed by atoms with E-state index in [4.69, 9.17) is 11.6 Å². The molecule has 1 heterocycles. The molecule has 1 aromatic heterocycles. The van der Waals surface area contributed by atoms with Gasteiger partial charge in [0.1, 0.15) is 12.7 Å². The molecule has 152 valence electrons. The average molecular weight is 433 g/mol. The number of amides is 1. The van der Waals surface area contributed by atoms with E-state index in [1.807, 2.05) is 31.2 Å². The highest BCUT2D eigenvalue weighted by Gasteiger charge is 2.21. The van der Waals surface area contributed by atoms with Gasteiger partial charge in [-0.2, -0.15) is 5.10 Å². The molecular weight excluding hydrogens is 412 g/mol. The first-order valence-electron chi connectivity index (χ1n) is 8.97. The van der Waals surface area contributed by atoms with Crippen LogP contribution in [0.2, 0.25) is 5.02 Å². The molecule has 29 heavy (non-hydrogen) atoms. The number of rotatable bonds is 7. The summed E-state index contributed by atoms with van der Waals surface area (Å²) in [6.07, 6.45) is 2.97. The molecule has 0 saturated heterocycles. The van der Waals surface area contributed by atoms with Crippen molar-refractivity contribution in [2.45, 2.75) is 24.3 Å². The molecule has 0 aliphatic carbocycles. The lowest BCUT2D eigenvalue weighted by Gasteiger charge is -2.25. The summed E-state index contributed by atoms with van der Waals surface area (Å²) in [6.45, 7) is 1.90. The summed E-state index contributed by atoms with van der Waals surface area (Å²) < 4.78 is 26.5. The minimum Gasteiger partial charge on any atom is -0.339 e. The van der Waals surface area contributed by atoms with Crippen molar-refractivity contribution in [3.05, 3.63) is 71.8 Å². The van der Waals surface area contributed by atoms with Gasteiger partial charge in [0, 0.05) is 18.5 Å². The molecule has 9 heteroatoms. The summed E-state index contributed by atoms with van der Waals surface area (Å²) in [5.41, 5.74) is 1.80. The Bertz CT molecular complexity index is 1070. The first-order valence-corrected chi connectivity index (χ1v) is 11.0. The second-order valence-corrected chi connectivity index (χ2v) is 9.18. The summed E-state index contributed by atoms with van der Waals surface area (Å²) in [7, 11) is -1.87. The Kier molecular flexibility index (Phi) is 6.34. The molecule has 3 rings (SSSR count). The Labute approximate surface area is 174 Å². The second kappa shape index (κ2) is 8.75. The van der Waals surface area contributed by atoms with E-state index < -0.39 is 9.84 Å². The third-order valence-electron chi connectivity index (χ3n) is 4.79. The van der Waals surface area contributed by atoms with Crippen LogP contribution in [0.1, 0.15) is 24.9 Å². The molecule has 0 bridgehead atoms. The molecule has 0 unspecified atom stereocenters. The SMILES string of the molecule is C[C@H](c1ccc(-n2cncn2)cc1)N(C)C(=O)CCS(=O)(=O)c1ccc(Cl)cc1. The van der Waals surface area contributed by atoms with E-state index in [2.05, 4.69) is 10.1 Å². The van der Waals surface area contributed by atoms with Crippen LogP contribution < -0.4 is 0 Å². The number of nitrogens with zero attached hydrogens (tertiary/aromatic N) is 4. The summed E-state index contributed by atoms with van der Waals surface area (Å²) in [6, 6.07) is 13.3. The smallest absolute Gasteiger partial charge is 0.223 e. The highest BCUT2D eigenvalue weighted by molar-refractivity contribution is 7.91. The molecule has 0 saturated carbocycles. The van der Waals surface area contributed by atoms with Gasteiger partial charge < -0.3 is 4.90 Å². The first-order chi connectivity index (χ1) is 13.8. The number of halogens is 1. The molecule has 0 N–H and O–H groups in total. The van der Waals surface area contributed by atoms with Gasteiger partial charge in [-0.25, -0.2) is 18.1 Å². The molecule has 0 aliphatic rings. The van der Waals surface area contributed by atoms with Crippen molar-refractivity contribution in [3.63, 3.8) is 0 Å². The highest BCUT2D eigenvalue weighted by atomic mass is 35.5. The van der Waals surface area contributed by atoms with Crippen LogP contribution in [0.4, 0.5) is 0 Å². The molecule has 0 aliphatic heterocycles. The van der Waals surface area contributed by atoms with E-state index in [1.165, 1.54) is 30.6 Å². The molecule has 1 amide bonds. The van der Waals surface area contributed by atoms with Gasteiger partial charge in [-0.15, -0.1) is 0 Å². The molecule has 2 aromatic carbocycles. The highest BCUT2D eigenvalue weighted by Crippen LogP contribution is 2.22. The monoisotopic (exact) mass is 432 g/mol. The maximum atomic E-state index is 12.6. The van der Waals surface area contributed by atoms with Gasteiger partial charge in [0.2, 0.25) is 5.91 Å². The van der Waals surface area contributed by atoms with E-state index in [0.717, 1.165) is 11.3 Å². The van der Waals surface area contributed by atoms with Crippen molar-refractivity contribution >= 4 is 27.3 Å². The van der Waals surface area contributed by atoms with Crippen molar-refractivity contribution in [1.29, 1.82) is 0 Å². The number of hydrogen-bond donors (Lipinski definition) is 0. The lowest BCUT2D eigenvalue weighted by molar-refractivity contribution is -0.131. The molecule has 3 aromatic rings. The first kappa shape index (κ1) is 21.0. The van der Waals surface area contributed by atoms with Crippen LogP contribution in [0.15, 0.2) is 66.1 Å². The molecule has 0 radical (unpaired) electrons. The maximum Gasteiger partial charge on any atom is 0.223 e. The number of sulfone groups is 1. The van der Waals surface area contributed by atoms with Crippen molar-refractivity contribution in [1.82, 2.24) is 19.7 Å². The number of carbonyl (C=O) groups is 1. The zero-order chi connectivity index (χ0) is 21.0. The zero-order valence-corrected chi connectivity index (χ0v) is 17.6. The quantitative estimate of drug-likeness (QED) is 0.571. The van der Waals surface area contributed by atoms with Crippen LogP contribution in [0.25, 0.3) is 5.69 Å². The van der Waals surface area contributed by atoms with Crippen LogP contribution >= 0.6 is 11.6 Å². The third kappa shape index (κ3) is 5.02. The fourth-order valence-electron chi connectivity index (χ4n) is 2.84. The van der Waals surface area contributed by atoms with Crippen LogP contribution in [-0.2, 0) is 14.6 Å². The van der Waals surface area contributed by atoms with Crippen LogP contribution in [0.3, 0.4) is 0 Å². The third-order valence-corrected chi connectivity index (χ3v) is 6.77. The van der Waals surface area contributed by atoms with Gasteiger partial charge in [-0.05, 0) is 48.9 Å². The normalized spacial score (nSPS) is 12.5. The Balaban J connectivity index is 1.62. The summed E-state index contributed by atoms with van der Waals surface area (Å²) in [5, 5.41) is 4.54. The predicted octanol–water partition coefficient (Wildman–Crippen LogP) is 3.30. The lowest BCUT2D eigenvalue weighted by Crippen LogP contribution is -2.31. The largest absolute Gasteiger partial charge is 0.339 e. The Morgan fingerprint density at radius 2 is 1.79 bits per heavy atom. The number of carbonyl (C=O) groups excluding carboxylic acids is 1. The summed E-state index contributed by atoms with van der Waals surface area (Å²) in [5.74, 6) is -0.495. The zero-order valence-electron chi connectivity index (χ0n) is 16.1. The number of aromatic nitrogens is 3. The molecule has 7 nitrogen and oxygen atoms in total. The second-order valence-electron chi connectivity index (χ2n) is 6.63. The topological polar surface area (TPSA) is 85.2 Å². The Hall–Kier alpha value is -2.71. The standard InChI is InChI=1S/C20H21ClN4O3S/c1-15(16-3-7-18(8-4-16)25-14-22-13-23-25)24(2)20(26)11-12-29(27,28)19-9-5-17(21)6-10-19/h3-10,13-15H,11-12H2,1-2H3/t15-/m1/s1. The van der Waals surface area contributed by atoms with Gasteiger partial charge in [-0.3, -0.25) is 4.79 Å². The predicted molar refractivity (Wildman–Crippen MR) is 111 cm³/mol. The molecule has 1 atom stereocenters. The van der Waals surface area contributed by atoms with Gasteiger partial charge in [-0.1, -0.05) is 23.7 Å². The average Bonchev–Trinajstić information content (AvgIpc) is 3.26. The van der Waals surface area contributed by atoms with Crippen molar-refractivity contribution in [3.8, 4) is 5.69 Å². The van der Waals surface area contributed by atoms with Gasteiger partial charge in [0.05, 0.1) is 22.4 Å². The van der Waals surface area contributed by atoms with Gasteiger partial charge in [0.25, 0.3) is 0 Å². The van der Waals surface area contributed by atoms with Gasteiger partial charge in [0.15, 0.2) is 9.84 Å². The summed E-state index contributed by atoms with van der Waals surface area (Å²) >= 11 is 5.80. The number of hydrogen-bond acceptors (Lipinski definition) is 5. The lowest BCUT2D eigenvalue weighted by atomic mass is 10.1. The molecule has 0 fully saturated rings. The minimum atomic E-state index is -3.55. The van der Waals surface area contributed by atoms with E-state index in [9.17, 15) is 13.2 Å². The van der Waals surface area contributed by atoms with Crippen molar-refractivity contribution in [2.24, 2.45) is 0 Å².